The summed E-state index contributed by atoms with van der Waals surface area (Å²) in [5, 5.41) is 17.9. The van der Waals surface area contributed by atoms with Crippen molar-refractivity contribution in [3.05, 3.63) is 315 Å². The smallest absolute Gasteiger partial charge is 0.143 e. The molecule has 16 aromatic carbocycles. The molecule has 0 N–H and O–H groups in total. The molecule has 0 aliphatic carbocycles. The average molecular weight is 1200 g/mol. The molecule has 0 aliphatic rings. The van der Waals surface area contributed by atoms with Crippen LogP contribution < -0.4 is 9.80 Å². The SMILES string of the molecule is c1ccc(N(c2ccc(-c3cccc4c(-c5cc6c(ccc7oc8ccccc8c76)c6c5oc5cc(N(c7ccccc7)c7cccc(-c8ccc9ccccc9c8)c7)ccc56)cccc34)cc2)c2ccc3c(c2)oc2ccc4c(ccc5oc6ccccc6c54)c23)cc1. The second-order valence-corrected chi connectivity index (χ2v) is 24.6. The molecule has 0 saturated carbocycles. The highest BCUT2D eigenvalue weighted by Gasteiger charge is 2.25. The average Bonchev–Trinajstić information content (AvgIpc) is 1.52. The summed E-state index contributed by atoms with van der Waals surface area (Å²) in [4.78, 5) is 4.64. The number of benzene rings is 16. The summed E-state index contributed by atoms with van der Waals surface area (Å²) in [6.45, 7) is 0. The fourth-order valence-corrected chi connectivity index (χ4v) is 15.2. The van der Waals surface area contributed by atoms with Crippen LogP contribution in [0, 0.1) is 0 Å². The Morgan fingerprint density at radius 2 is 0.606 bits per heavy atom. The molecule has 0 unspecified atom stereocenters. The van der Waals surface area contributed by atoms with Crippen molar-refractivity contribution >= 4 is 165 Å². The molecule has 4 aromatic heterocycles. The van der Waals surface area contributed by atoms with E-state index in [1.807, 2.05) is 18.2 Å². The number of rotatable bonds is 9. The van der Waals surface area contributed by atoms with Crippen molar-refractivity contribution in [3.63, 3.8) is 0 Å². The molecule has 0 spiro atoms. The third kappa shape index (κ3) is 8.03. The number of para-hydroxylation sites is 4. The van der Waals surface area contributed by atoms with Gasteiger partial charge in [-0.3, -0.25) is 0 Å². The summed E-state index contributed by atoms with van der Waals surface area (Å²) in [5.74, 6) is 0. The second-order valence-electron chi connectivity index (χ2n) is 24.6. The van der Waals surface area contributed by atoms with Gasteiger partial charge in [0.25, 0.3) is 0 Å². The molecular weight excluding hydrogens is 1150 g/mol. The number of hydrogen-bond acceptors (Lipinski definition) is 6. The molecule has 20 rings (SSSR count). The summed E-state index contributed by atoms with van der Waals surface area (Å²) in [5.41, 5.74) is 19.6. The van der Waals surface area contributed by atoms with E-state index in [2.05, 4.69) is 307 Å². The molecule has 4 heterocycles. The maximum absolute atomic E-state index is 7.41. The highest BCUT2D eigenvalue weighted by molar-refractivity contribution is 6.31. The standard InChI is InChI=1S/C88H52N2O4/c1-3-19-58(20-4-1)89(62-38-40-73-82(50-62)93-80-46-43-68-69(85(73)80)42-45-79-84(68)71-24-9-11-30-77(71)91-79)60-36-34-54(35-37-60)64-26-14-28-66-65(64)27-15-29-67(66)76-52-75-70(44-47-81-86(75)72-25-10-12-31-78(72)92-81)87-74-41-39-63(51-83(74)94-88(76)87)90(59-21-5-2-6-22-59)61-23-13-18-56(49-61)57-33-32-53-16-7-8-17-55(53)48-57/h1-52H. The second kappa shape index (κ2) is 20.4. The Labute approximate surface area is 538 Å². The Balaban J connectivity index is 0.715. The number of hydrogen-bond donors (Lipinski definition) is 0. The van der Waals surface area contributed by atoms with Gasteiger partial charge in [-0.2, -0.15) is 0 Å². The fraction of sp³-hybridized carbons (Fsp3) is 0. The predicted molar refractivity (Wildman–Crippen MR) is 391 cm³/mol. The molecule has 438 valence electrons. The first-order valence-corrected chi connectivity index (χ1v) is 31.9. The Kier molecular flexibility index (Phi) is 11.3. The zero-order chi connectivity index (χ0) is 61.5. The zero-order valence-electron chi connectivity index (χ0n) is 50.5. The first kappa shape index (κ1) is 52.2. The molecule has 20 aromatic rings. The van der Waals surface area contributed by atoms with Gasteiger partial charge in [0, 0.05) is 94.9 Å². The molecule has 0 amide bonds. The van der Waals surface area contributed by atoms with Crippen LogP contribution in [-0.4, -0.2) is 0 Å². The van der Waals surface area contributed by atoms with Gasteiger partial charge in [-0.25, -0.2) is 0 Å². The van der Waals surface area contributed by atoms with Crippen LogP contribution in [-0.2, 0) is 0 Å². The van der Waals surface area contributed by atoms with Crippen molar-refractivity contribution in [1.29, 1.82) is 0 Å². The van der Waals surface area contributed by atoms with Gasteiger partial charge in [-0.1, -0.05) is 170 Å². The number of fused-ring (bicyclic) bond motifs is 20. The van der Waals surface area contributed by atoms with Crippen LogP contribution in [0.25, 0.3) is 164 Å². The topological polar surface area (TPSA) is 59.0 Å². The molecule has 6 heteroatoms. The highest BCUT2D eigenvalue weighted by Crippen LogP contribution is 2.50. The third-order valence-electron chi connectivity index (χ3n) is 19.4. The van der Waals surface area contributed by atoms with Gasteiger partial charge in [-0.15, -0.1) is 0 Å². The predicted octanol–water partition coefficient (Wildman–Crippen LogP) is 25.8. The normalized spacial score (nSPS) is 12.0. The molecule has 0 fully saturated rings. The quantitative estimate of drug-likeness (QED) is 0.144. The van der Waals surface area contributed by atoms with Crippen LogP contribution in [0.15, 0.2) is 333 Å². The van der Waals surface area contributed by atoms with Crippen molar-refractivity contribution < 1.29 is 17.7 Å². The molecule has 0 atom stereocenters. The highest BCUT2D eigenvalue weighted by atomic mass is 16.3. The van der Waals surface area contributed by atoms with Crippen LogP contribution in [0.2, 0.25) is 0 Å². The van der Waals surface area contributed by atoms with Gasteiger partial charge < -0.3 is 27.5 Å². The van der Waals surface area contributed by atoms with E-state index in [1.165, 1.54) is 16.3 Å². The molecule has 0 radical (unpaired) electrons. The summed E-state index contributed by atoms with van der Waals surface area (Å²) < 4.78 is 27.1. The van der Waals surface area contributed by atoms with Crippen molar-refractivity contribution in [1.82, 2.24) is 0 Å². The van der Waals surface area contributed by atoms with Crippen LogP contribution >= 0.6 is 0 Å². The number of furan rings is 4. The Morgan fingerprint density at radius 1 is 0.181 bits per heavy atom. The maximum atomic E-state index is 7.41. The van der Waals surface area contributed by atoms with Gasteiger partial charge in [0.2, 0.25) is 0 Å². The fourth-order valence-electron chi connectivity index (χ4n) is 15.2. The molecule has 0 bridgehead atoms. The summed E-state index contributed by atoms with van der Waals surface area (Å²) in [6, 6.07) is 113. The molecular formula is C88H52N2O4. The lowest BCUT2D eigenvalue weighted by Gasteiger charge is -2.26. The molecule has 94 heavy (non-hydrogen) atoms. The lowest BCUT2D eigenvalue weighted by molar-refractivity contribution is 0.668. The van der Waals surface area contributed by atoms with Gasteiger partial charge in [0.15, 0.2) is 0 Å². The Morgan fingerprint density at radius 3 is 1.27 bits per heavy atom. The minimum absolute atomic E-state index is 0.798. The van der Waals surface area contributed by atoms with Crippen LogP contribution in [0.4, 0.5) is 34.1 Å². The van der Waals surface area contributed by atoms with E-state index in [-0.39, 0.29) is 0 Å². The van der Waals surface area contributed by atoms with Crippen LogP contribution in [0.1, 0.15) is 0 Å². The molecule has 6 nitrogen and oxygen atoms in total. The maximum Gasteiger partial charge on any atom is 0.143 e. The number of nitrogens with zero attached hydrogens (tertiary/aromatic N) is 2. The van der Waals surface area contributed by atoms with Gasteiger partial charge in [0.05, 0.1) is 0 Å². The molecule has 0 aliphatic heterocycles. The summed E-state index contributed by atoms with van der Waals surface area (Å²) >= 11 is 0. The van der Waals surface area contributed by atoms with Crippen molar-refractivity contribution in [2.45, 2.75) is 0 Å². The molecule has 0 saturated heterocycles. The minimum atomic E-state index is 0.798. The van der Waals surface area contributed by atoms with Crippen LogP contribution in [0.3, 0.4) is 0 Å². The van der Waals surface area contributed by atoms with Crippen molar-refractivity contribution in [3.8, 4) is 33.4 Å². The lowest BCUT2D eigenvalue weighted by atomic mass is 9.90. The Hall–Kier alpha value is -12.6. The van der Waals surface area contributed by atoms with E-state index < -0.39 is 0 Å². The van der Waals surface area contributed by atoms with Gasteiger partial charge in [0.1, 0.15) is 44.7 Å². The number of anilines is 6. The lowest BCUT2D eigenvalue weighted by Crippen LogP contribution is -2.09. The van der Waals surface area contributed by atoms with E-state index in [9.17, 15) is 0 Å². The largest absolute Gasteiger partial charge is 0.456 e. The first-order valence-electron chi connectivity index (χ1n) is 31.9. The van der Waals surface area contributed by atoms with E-state index >= 15 is 0 Å². The van der Waals surface area contributed by atoms with E-state index in [0.29, 0.717) is 0 Å². The van der Waals surface area contributed by atoms with Gasteiger partial charge in [-0.05, 0) is 204 Å². The van der Waals surface area contributed by atoms with Crippen molar-refractivity contribution in [2.24, 2.45) is 0 Å². The first-order chi connectivity index (χ1) is 46.6. The van der Waals surface area contributed by atoms with E-state index in [4.69, 9.17) is 17.7 Å². The zero-order valence-corrected chi connectivity index (χ0v) is 50.5. The Bertz CT molecular complexity index is 6490. The van der Waals surface area contributed by atoms with Gasteiger partial charge >= 0.3 is 0 Å². The third-order valence-corrected chi connectivity index (χ3v) is 19.4. The van der Waals surface area contributed by atoms with Crippen molar-refractivity contribution in [2.75, 3.05) is 9.80 Å². The summed E-state index contributed by atoms with van der Waals surface area (Å²) in [7, 11) is 0. The minimum Gasteiger partial charge on any atom is -0.456 e. The van der Waals surface area contributed by atoms with E-state index in [1.54, 1.807) is 0 Å². The monoisotopic (exact) mass is 1200 g/mol. The van der Waals surface area contributed by atoms with E-state index in [0.717, 1.165) is 182 Å². The van der Waals surface area contributed by atoms with Crippen LogP contribution in [0.5, 0.6) is 0 Å². The summed E-state index contributed by atoms with van der Waals surface area (Å²) in [6.07, 6.45) is 0.